The monoisotopic (exact) mass is 259 g/mol. The molecule has 1 atom stereocenters. The van der Waals surface area contributed by atoms with E-state index in [1.807, 2.05) is 0 Å². The van der Waals surface area contributed by atoms with Gasteiger partial charge in [-0.3, -0.25) is 0 Å². The summed E-state index contributed by atoms with van der Waals surface area (Å²) in [6.07, 6.45) is 3.69. The van der Waals surface area contributed by atoms with E-state index in [-0.39, 0.29) is 0 Å². The molecule has 1 saturated heterocycles. The number of anilines is 2. The first-order valence-corrected chi connectivity index (χ1v) is 7.25. The quantitative estimate of drug-likeness (QED) is 0.898. The molecule has 3 nitrogen and oxygen atoms in total. The zero-order valence-corrected chi connectivity index (χ0v) is 11.1. The number of nitrogens with zero attached hydrogens (tertiary/aromatic N) is 2. The van der Waals surface area contributed by atoms with Crippen molar-refractivity contribution in [1.82, 2.24) is 4.98 Å². The lowest BCUT2D eigenvalue weighted by molar-refractivity contribution is 0.467. The molecule has 2 heterocycles. The Balaban J connectivity index is 1.91. The van der Waals surface area contributed by atoms with Crippen LogP contribution in [0.3, 0.4) is 0 Å². The second-order valence-corrected chi connectivity index (χ2v) is 5.54. The molecule has 0 saturated carbocycles. The second kappa shape index (κ2) is 4.98. The number of aromatic nitrogens is 1. The predicted octanol–water partition coefficient (Wildman–Crippen LogP) is 3.46. The van der Waals surface area contributed by atoms with Gasteiger partial charge in [0.1, 0.15) is 0 Å². The fourth-order valence-electron chi connectivity index (χ4n) is 2.62. The Morgan fingerprint density at radius 1 is 1.22 bits per heavy atom. The Hall–Kier alpha value is -1.55. The van der Waals surface area contributed by atoms with Gasteiger partial charge in [0.05, 0.1) is 11.7 Å². The lowest BCUT2D eigenvalue weighted by Gasteiger charge is -2.36. The summed E-state index contributed by atoms with van der Waals surface area (Å²) in [5.41, 5.74) is 8.17. The van der Waals surface area contributed by atoms with Gasteiger partial charge in [0.2, 0.25) is 0 Å². The molecule has 1 aromatic heterocycles. The number of piperidine rings is 1. The van der Waals surface area contributed by atoms with E-state index in [4.69, 9.17) is 5.73 Å². The molecule has 1 fully saturated rings. The highest BCUT2D eigenvalue weighted by molar-refractivity contribution is 7.13. The number of thiazole rings is 1. The Labute approximate surface area is 111 Å². The van der Waals surface area contributed by atoms with Crippen LogP contribution in [0.25, 0.3) is 0 Å². The lowest BCUT2D eigenvalue weighted by atomic mass is 9.99. The third-order valence-electron chi connectivity index (χ3n) is 3.47. The van der Waals surface area contributed by atoms with Crippen molar-refractivity contribution in [2.75, 3.05) is 17.2 Å². The molecule has 0 aliphatic carbocycles. The van der Waals surface area contributed by atoms with Crippen molar-refractivity contribution in [1.29, 1.82) is 0 Å². The molecule has 0 spiro atoms. The predicted molar refractivity (Wildman–Crippen MR) is 76.9 cm³/mol. The van der Waals surface area contributed by atoms with Gasteiger partial charge in [0.15, 0.2) is 5.13 Å². The summed E-state index contributed by atoms with van der Waals surface area (Å²) >= 11 is 1.54. The molecule has 3 rings (SSSR count). The minimum Gasteiger partial charge on any atom is -0.375 e. The summed E-state index contributed by atoms with van der Waals surface area (Å²) in [6, 6.07) is 11.0. The van der Waals surface area contributed by atoms with Gasteiger partial charge in [-0.05, 0) is 31.4 Å². The van der Waals surface area contributed by atoms with Crippen molar-refractivity contribution in [3.63, 3.8) is 0 Å². The molecular formula is C14H17N3S. The first-order chi connectivity index (χ1) is 8.84. The number of nitrogen functional groups attached to an aromatic ring is 1. The highest BCUT2D eigenvalue weighted by atomic mass is 32.1. The summed E-state index contributed by atoms with van der Waals surface area (Å²) in [4.78, 5) is 6.92. The van der Waals surface area contributed by atoms with Gasteiger partial charge in [-0.25, -0.2) is 4.98 Å². The smallest absolute Gasteiger partial charge is 0.180 e. The third-order valence-corrected chi connectivity index (χ3v) is 4.16. The van der Waals surface area contributed by atoms with E-state index >= 15 is 0 Å². The van der Waals surface area contributed by atoms with Crippen LogP contribution in [-0.2, 0) is 0 Å². The number of para-hydroxylation sites is 1. The summed E-state index contributed by atoms with van der Waals surface area (Å²) in [7, 11) is 0. The maximum Gasteiger partial charge on any atom is 0.180 e. The molecule has 1 aromatic carbocycles. The molecule has 2 aromatic rings. The van der Waals surface area contributed by atoms with Crippen LogP contribution in [0.1, 0.15) is 31.0 Å². The summed E-state index contributed by atoms with van der Waals surface area (Å²) in [6.45, 7) is 1.10. The Kier molecular flexibility index (Phi) is 3.19. The Morgan fingerprint density at radius 3 is 2.78 bits per heavy atom. The van der Waals surface area contributed by atoms with E-state index in [2.05, 4.69) is 45.6 Å². The van der Waals surface area contributed by atoms with Crippen molar-refractivity contribution >= 4 is 22.2 Å². The fraction of sp³-hybridized carbons (Fsp3) is 0.357. The molecule has 2 N–H and O–H groups in total. The number of nitrogens with two attached hydrogens (primary N) is 1. The van der Waals surface area contributed by atoms with Crippen LogP contribution in [-0.4, -0.2) is 11.5 Å². The van der Waals surface area contributed by atoms with Gasteiger partial charge in [0, 0.05) is 17.6 Å². The fourth-order valence-corrected chi connectivity index (χ4v) is 3.23. The first-order valence-electron chi connectivity index (χ1n) is 6.37. The molecule has 0 radical (unpaired) electrons. The van der Waals surface area contributed by atoms with Crippen molar-refractivity contribution in [3.8, 4) is 0 Å². The van der Waals surface area contributed by atoms with Gasteiger partial charge in [-0.1, -0.05) is 18.2 Å². The molecule has 0 amide bonds. The first kappa shape index (κ1) is 11.5. The van der Waals surface area contributed by atoms with Crippen molar-refractivity contribution in [2.24, 2.45) is 0 Å². The Morgan fingerprint density at radius 2 is 2.06 bits per heavy atom. The molecule has 18 heavy (non-hydrogen) atoms. The highest BCUT2D eigenvalue weighted by Crippen LogP contribution is 2.35. The zero-order valence-electron chi connectivity index (χ0n) is 10.2. The molecular weight excluding hydrogens is 242 g/mol. The van der Waals surface area contributed by atoms with Crippen LogP contribution in [0.15, 0.2) is 35.7 Å². The minimum atomic E-state index is 0.384. The van der Waals surface area contributed by atoms with E-state index in [0.29, 0.717) is 11.2 Å². The van der Waals surface area contributed by atoms with E-state index in [1.165, 1.54) is 29.9 Å². The number of hydrogen-bond acceptors (Lipinski definition) is 4. The SMILES string of the molecule is Nc1nc([C@H]2CCCCN2c2ccccc2)cs1. The zero-order chi connectivity index (χ0) is 12.4. The second-order valence-electron chi connectivity index (χ2n) is 4.65. The summed E-state index contributed by atoms with van der Waals surface area (Å²) < 4.78 is 0. The van der Waals surface area contributed by atoms with Crippen LogP contribution in [0, 0.1) is 0 Å². The standard InChI is InChI=1S/C14H17N3S/c15-14-16-12(10-18-14)13-8-4-5-9-17(13)11-6-2-1-3-7-11/h1-3,6-7,10,13H,4-5,8-9H2,(H2,15,16)/t13-/m1/s1. The average Bonchev–Trinajstić information content (AvgIpc) is 2.86. The number of hydrogen-bond donors (Lipinski definition) is 1. The van der Waals surface area contributed by atoms with Crippen LogP contribution in [0.4, 0.5) is 10.8 Å². The molecule has 94 valence electrons. The van der Waals surface area contributed by atoms with Crippen molar-refractivity contribution in [3.05, 3.63) is 41.4 Å². The molecule has 0 bridgehead atoms. The maximum atomic E-state index is 5.76. The van der Waals surface area contributed by atoms with Crippen molar-refractivity contribution in [2.45, 2.75) is 25.3 Å². The Bertz CT molecular complexity index is 509. The van der Waals surface area contributed by atoms with Gasteiger partial charge in [-0.15, -0.1) is 11.3 Å². The van der Waals surface area contributed by atoms with Crippen LogP contribution in [0.5, 0.6) is 0 Å². The molecule has 4 heteroatoms. The normalized spacial score (nSPS) is 20.0. The maximum absolute atomic E-state index is 5.76. The molecule has 1 aliphatic rings. The number of benzene rings is 1. The average molecular weight is 259 g/mol. The minimum absolute atomic E-state index is 0.384. The van der Waals surface area contributed by atoms with Crippen molar-refractivity contribution < 1.29 is 0 Å². The largest absolute Gasteiger partial charge is 0.375 e. The van der Waals surface area contributed by atoms with Gasteiger partial charge in [-0.2, -0.15) is 0 Å². The van der Waals surface area contributed by atoms with E-state index in [0.717, 1.165) is 18.7 Å². The third kappa shape index (κ3) is 2.20. The van der Waals surface area contributed by atoms with Gasteiger partial charge >= 0.3 is 0 Å². The van der Waals surface area contributed by atoms with Crippen LogP contribution in [0.2, 0.25) is 0 Å². The number of rotatable bonds is 2. The highest BCUT2D eigenvalue weighted by Gasteiger charge is 2.25. The molecule has 1 aliphatic heterocycles. The van der Waals surface area contributed by atoms with Crippen LogP contribution >= 0.6 is 11.3 Å². The molecule has 0 unspecified atom stereocenters. The van der Waals surface area contributed by atoms with E-state index < -0.39 is 0 Å². The topological polar surface area (TPSA) is 42.1 Å². The summed E-state index contributed by atoms with van der Waals surface area (Å²) in [5.74, 6) is 0. The van der Waals surface area contributed by atoms with E-state index in [1.54, 1.807) is 0 Å². The van der Waals surface area contributed by atoms with Gasteiger partial charge in [0.25, 0.3) is 0 Å². The lowest BCUT2D eigenvalue weighted by Crippen LogP contribution is -2.33. The summed E-state index contributed by atoms with van der Waals surface area (Å²) in [5, 5.41) is 2.77. The van der Waals surface area contributed by atoms with E-state index in [9.17, 15) is 0 Å². The van der Waals surface area contributed by atoms with Gasteiger partial charge < -0.3 is 10.6 Å². The van der Waals surface area contributed by atoms with Crippen LogP contribution < -0.4 is 10.6 Å².